The van der Waals surface area contributed by atoms with Gasteiger partial charge in [0, 0.05) is 24.4 Å². The normalized spacial score (nSPS) is 13.2. The van der Waals surface area contributed by atoms with Gasteiger partial charge in [0.1, 0.15) is 9.84 Å². The van der Waals surface area contributed by atoms with E-state index in [1.165, 1.54) is 11.8 Å². The third-order valence-corrected chi connectivity index (χ3v) is 4.59. The summed E-state index contributed by atoms with van der Waals surface area (Å²) >= 11 is 0. The fourth-order valence-electron chi connectivity index (χ4n) is 2.36. The van der Waals surface area contributed by atoms with E-state index in [0.29, 0.717) is 18.0 Å². The Balaban J connectivity index is 2.92. The van der Waals surface area contributed by atoms with Crippen LogP contribution in [0.3, 0.4) is 0 Å². The number of carbonyl (C=O) groups excluding carboxylic acids is 1. The Morgan fingerprint density at radius 2 is 1.67 bits per heavy atom. The molecule has 0 saturated carbocycles. The van der Waals surface area contributed by atoms with Gasteiger partial charge in [-0.2, -0.15) is 0 Å². The summed E-state index contributed by atoms with van der Waals surface area (Å²) in [4.78, 5) is 14.1. The zero-order chi connectivity index (χ0) is 16.2. The molecule has 21 heavy (non-hydrogen) atoms. The van der Waals surface area contributed by atoms with E-state index < -0.39 is 9.84 Å². The van der Waals surface area contributed by atoms with Crippen molar-refractivity contribution in [2.75, 3.05) is 18.6 Å². The summed E-state index contributed by atoms with van der Waals surface area (Å²) < 4.78 is 22.8. The van der Waals surface area contributed by atoms with E-state index in [0.717, 1.165) is 0 Å². The number of rotatable bonds is 6. The average Bonchev–Trinajstić information content (AvgIpc) is 2.37. The number of benzene rings is 1. The second-order valence-electron chi connectivity index (χ2n) is 5.81. The highest BCUT2D eigenvalue weighted by atomic mass is 32.2. The molecule has 0 unspecified atom stereocenters. The zero-order valence-electron chi connectivity index (χ0n) is 13.5. The Kier molecular flexibility index (Phi) is 5.96. The quantitative estimate of drug-likeness (QED) is 0.811. The molecule has 0 aromatic heterocycles. The molecule has 0 N–H and O–H groups in total. The molecule has 0 heterocycles. The van der Waals surface area contributed by atoms with E-state index in [2.05, 4.69) is 13.8 Å². The van der Waals surface area contributed by atoms with E-state index in [1.54, 1.807) is 11.8 Å². The van der Waals surface area contributed by atoms with Crippen molar-refractivity contribution >= 4 is 15.7 Å². The van der Waals surface area contributed by atoms with Crippen LogP contribution in [-0.4, -0.2) is 43.8 Å². The first-order chi connectivity index (χ1) is 9.65. The van der Waals surface area contributed by atoms with Gasteiger partial charge in [0.15, 0.2) is 0 Å². The highest BCUT2D eigenvalue weighted by Crippen LogP contribution is 2.16. The molecule has 1 atom stereocenters. The maximum absolute atomic E-state index is 12.5. The van der Waals surface area contributed by atoms with E-state index >= 15 is 0 Å². The van der Waals surface area contributed by atoms with Crippen molar-refractivity contribution < 1.29 is 13.2 Å². The monoisotopic (exact) mass is 311 g/mol. The topological polar surface area (TPSA) is 54.5 Å². The molecule has 118 valence electrons. The van der Waals surface area contributed by atoms with Crippen molar-refractivity contribution in [3.8, 4) is 0 Å². The molecular weight excluding hydrogens is 286 g/mol. The Bertz CT molecular complexity index is 576. The van der Waals surface area contributed by atoms with Crippen LogP contribution >= 0.6 is 0 Å². The Morgan fingerprint density at radius 1 is 1.14 bits per heavy atom. The lowest BCUT2D eigenvalue weighted by Gasteiger charge is -2.27. The lowest BCUT2D eigenvalue weighted by molar-refractivity contribution is 0.0719. The van der Waals surface area contributed by atoms with Crippen LogP contribution in [0.4, 0.5) is 0 Å². The standard InChI is InChI=1S/C16H25NO3S/c1-6-17(13(4)11-21(5,19)20)16(18)15-9-7-14(8-10-15)12(2)3/h7-10,12-13H,6,11H2,1-5H3/t13-/m0/s1. The van der Waals surface area contributed by atoms with Crippen molar-refractivity contribution in [3.63, 3.8) is 0 Å². The first-order valence-corrected chi connectivity index (χ1v) is 9.30. The number of carbonyl (C=O) groups is 1. The van der Waals surface area contributed by atoms with Crippen molar-refractivity contribution in [2.45, 2.75) is 39.7 Å². The fourth-order valence-corrected chi connectivity index (χ4v) is 3.42. The lowest BCUT2D eigenvalue weighted by Crippen LogP contribution is -2.42. The van der Waals surface area contributed by atoms with Gasteiger partial charge in [0.2, 0.25) is 0 Å². The molecule has 0 aliphatic rings. The van der Waals surface area contributed by atoms with Crippen LogP contribution < -0.4 is 0 Å². The number of sulfone groups is 1. The van der Waals surface area contributed by atoms with Gasteiger partial charge in [-0.05, 0) is 37.5 Å². The van der Waals surface area contributed by atoms with Crippen LogP contribution in [-0.2, 0) is 9.84 Å². The summed E-state index contributed by atoms with van der Waals surface area (Å²) in [5.74, 6) is 0.279. The molecule has 0 aliphatic heterocycles. The predicted octanol–water partition coefficient (Wildman–Crippen LogP) is 2.71. The molecule has 0 aliphatic carbocycles. The lowest BCUT2D eigenvalue weighted by atomic mass is 10.0. The van der Waals surface area contributed by atoms with Gasteiger partial charge in [0.05, 0.1) is 5.75 Å². The highest BCUT2D eigenvalue weighted by molar-refractivity contribution is 7.90. The molecular formula is C16H25NO3S. The van der Waals surface area contributed by atoms with Crippen LogP contribution in [0.2, 0.25) is 0 Å². The molecule has 1 aromatic rings. The van der Waals surface area contributed by atoms with E-state index in [4.69, 9.17) is 0 Å². The third-order valence-electron chi connectivity index (χ3n) is 3.50. The second-order valence-corrected chi connectivity index (χ2v) is 7.99. The molecule has 1 rings (SSSR count). The van der Waals surface area contributed by atoms with Crippen molar-refractivity contribution in [1.82, 2.24) is 4.90 Å². The second kappa shape index (κ2) is 7.07. The Morgan fingerprint density at radius 3 is 2.05 bits per heavy atom. The first-order valence-electron chi connectivity index (χ1n) is 7.24. The molecule has 0 bridgehead atoms. The van der Waals surface area contributed by atoms with Gasteiger partial charge in [-0.25, -0.2) is 8.42 Å². The van der Waals surface area contributed by atoms with Crippen molar-refractivity contribution in [3.05, 3.63) is 35.4 Å². The number of nitrogens with zero attached hydrogens (tertiary/aromatic N) is 1. The van der Waals surface area contributed by atoms with Gasteiger partial charge >= 0.3 is 0 Å². The van der Waals surface area contributed by atoms with Gasteiger partial charge in [-0.15, -0.1) is 0 Å². The van der Waals surface area contributed by atoms with Crippen molar-refractivity contribution in [2.24, 2.45) is 0 Å². The zero-order valence-corrected chi connectivity index (χ0v) is 14.3. The van der Waals surface area contributed by atoms with Crippen LogP contribution in [0.25, 0.3) is 0 Å². The molecule has 1 amide bonds. The first kappa shape index (κ1) is 17.7. The van der Waals surface area contributed by atoms with Crippen molar-refractivity contribution in [1.29, 1.82) is 0 Å². The molecule has 1 aromatic carbocycles. The van der Waals surface area contributed by atoms with E-state index in [9.17, 15) is 13.2 Å². The van der Waals surface area contributed by atoms with Crippen LogP contribution in [0.5, 0.6) is 0 Å². The summed E-state index contributed by atoms with van der Waals surface area (Å²) in [6, 6.07) is 7.20. The number of hydrogen-bond donors (Lipinski definition) is 0. The van der Waals surface area contributed by atoms with Crippen LogP contribution in [0.15, 0.2) is 24.3 Å². The van der Waals surface area contributed by atoms with Crippen LogP contribution in [0.1, 0.15) is 49.5 Å². The van der Waals surface area contributed by atoms with E-state index in [-0.39, 0.29) is 17.7 Å². The Hall–Kier alpha value is -1.36. The van der Waals surface area contributed by atoms with E-state index in [1.807, 2.05) is 31.2 Å². The fraction of sp³-hybridized carbons (Fsp3) is 0.562. The summed E-state index contributed by atoms with van der Waals surface area (Å²) in [5, 5.41) is 0. The minimum atomic E-state index is -3.11. The minimum absolute atomic E-state index is 0.0172. The highest BCUT2D eigenvalue weighted by Gasteiger charge is 2.23. The summed E-state index contributed by atoms with van der Waals surface area (Å²) in [6.07, 6.45) is 1.19. The van der Waals surface area contributed by atoms with Crippen LogP contribution in [0, 0.1) is 0 Å². The van der Waals surface area contributed by atoms with Gasteiger partial charge < -0.3 is 4.90 Å². The predicted molar refractivity (Wildman–Crippen MR) is 86.4 cm³/mol. The number of amides is 1. The molecule has 5 heteroatoms. The van der Waals surface area contributed by atoms with Gasteiger partial charge in [-0.1, -0.05) is 26.0 Å². The molecule has 0 radical (unpaired) electrons. The largest absolute Gasteiger partial charge is 0.335 e. The molecule has 4 nitrogen and oxygen atoms in total. The molecule has 0 spiro atoms. The minimum Gasteiger partial charge on any atom is -0.335 e. The summed E-state index contributed by atoms with van der Waals surface area (Å²) in [7, 11) is -3.11. The van der Waals surface area contributed by atoms with Gasteiger partial charge in [0.25, 0.3) is 5.91 Å². The summed E-state index contributed by atoms with van der Waals surface area (Å²) in [6.45, 7) is 8.32. The smallest absolute Gasteiger partial charge is 0.254 e. The third kappa shape index (κ3) is 5.16. The Labute approximate surface area is 128 Å². The maximum atomic E-state index is 12.5. The number of hydrogen-bond acceptors (Lipinski definition) is 3. The SMILES string of the molecule is CCN(C(=O)c1ccc(C(C)C)cc1)[C@@H](C)CS(C)(=O)=O. The molecule has 0 saturated heterocycles. The summed E-state index contributed by atoms with van der Waals surface area (Å²) in [5.41, 5.74) is 1.78. The molecule has 0 fully saturated rings. The van der Waals surface area contributed by atoms with Gasteiger partial charge in [-0.3, -0.25) is 4.79 Å². The average molecular weight is 311 g/mol. The maximum Gasteiger partial charge on any atom is 0.254 e.